The number of halogens is 5. The van der Waals surface area contributed by atoms with Crippen LogP contribution in [-0.2, 0) is 21.5 Å². The highest BCUT2D eigenvalue weighted by Crippen LogP contribution is 2.37. The number of amides is 2. The van der Waals surface area contributed by atoms with Gasteiger partial charge < -0.3 is 9.64 Å². The maximum absolute atomic E-state index is 13.5. The standard InChI is InChI=1S/C27H29F5N6O3/c1-26(2)21-12-19(37-10-8-36(9-11-37)16-27(30,31)32)6-7-20(21)24(39)38(25(26)40)14-18-5-4-17(13-34-18)23(35-33-3)41-15-22(28)29/h4-7,12-13,22H,3,8-11,14-16H2,1-2H3/b35-23-. The average Bonchev–Trinajstić information content (AvgIpc) is 2.92. The van der Waals surface area contributed by atoms with E-state index in [0.717, 1.165) is 10.6 Å². The lowest BCUT2D eigenvalue weighted by atomic mass is 9.77. The van der Waals surface area contributed by atoms with Crippen LogP contribution in [0.4, 0.5) is 27.6 Å². The summed E-state index contributed by atoms with van der Waals surface area (Å²) in [6.07, 6.45) is -5.67. The van der Waals surface area contributed by atoms with E-state index in [0.29, 0.717) is 29.9 Å². The first kappa shape index (κ1) is 30.0. The number of anilines is 1. The molecule has 1 aromatic carbocycles. The van der Waals surface area contributed by atoms with E-state index >= 15 is 0 Å². The number of fused-ring (bicyclic) bond motifs is 1. The van der Waals surface area contributed by atoms with Crippen LogP contribution in [0.15, 0.2) is 46.7 Å². The van der Waals surface area contributed by atoms with Crippen LogP contribution in [0.2, 0.25) is 0 Å². The number of hydrogen-bond acceptors (Lipinski definition) is 8. The fourth-order valence-electron chi connectivity index (χ4n) is 4.87. The minimum atomic E-state index is -4.26. The van der Waals surface area contributed by atoms with Gasteiger partial charge in [0.15, 0.2) is 6.61 Å². The van der Waals surface area contributed by atoms with Crippen molar-refractivity contribution in [1.29, 1.82) is 0 Å². The molecule has 2 aromatic rings. The second-order valence-electron chi connectivity index (χ2n) is 10.2. The summed E-state index contributed by atoms with van der Waals surface area (Å²) in [5.74, 6) is -1.14. The molecule has 220 valence electrons. The van der Waals surface area contributed by atoms with Crippen molar-refractivity contribution in [3.8, 4) is 0 Å². The Morgan fingerprint density at radius 3 is 2.41 bits per heavy atom. The van der Waals surface area contributed by atoms with E-state index in [1.807, 2.05) is 4.90 Å². The molecule has 0 aliphatic carbocycles. The molecule has 0 N–H and O–H groups in total. The minimum absolute atomic E-state index is 0.131. The van der Waals surface area contributed by atoms with Crippen LogP contribution in [0, 0.1) is 0 Å². The Bertz CT molecular complexity index is 1320. The summed E-state index contributed by atoms with van der Waals surface area (Å²) in [5, 5.41) is 6.92. The van der Waals surface area contributed by atoms with Crippen molar-refractivity contribution in [2.45, 2.75) is 38.4 Å². The summed E-state index contributed by atoms with van der Waals surface area (Å²) >= 11 is 0. The Morgan fingerprint density at radius 1 is 1.12 bits per heavy atom. The van der Waals surface area contributed by atoms with Gasteiger partial charge in [-0.3, -0.25) is 24.4 Å². The molecule has 2 amide bonds. The zero-order valence-electron chi connectivity index (χ0n) is 22.5. The Balaban J connectivity index is 1.50. The van der Waals surface area contributed by atoms with Gasteiger partial charge in [-0.2, -0.15) is 18.3 Å². The number of carbonyl (C=O) groups is 2. The molecule has 0 atom stereocenters. The highest BCUT2D eigenvalue weighted by molar-refractivity contribution is 6.13. The van der Waals surface area contributed by atoms with Gasteiger partial charge in [-0.15, -0.1) is 5.10 Å². The summed E-state index contributed by atoms with van der Waals surface area (Å²) in [6, 6.07) is 8.16. The highest BCUT2D eigenvalue weighted by Gasteiger charge is 2.45. The number of alkyl halides is 5. The van der Waals surface area contributed by atoms with E-state index in [2.05, 4.69) is 21.9 Å². The lowest BCUT2D eigenvalue weighted by molar-refractivity contribution is -0.146. The maximum atomic E-state index is 13.5. The van der Waals surface area contributed by atoms with Crippen LogP contribution in [0.25, 0.3) is 0 Å². The van der Waals surface area contributed by atoms with Crippen molar-refractivity contribution in [2.75, 3.05) is 44.2 Å². The summed E-state index contributed by atoms with van der Waals surface area (Å²) in [5.41, 5.74) is 1.16. The molecule has 0 bridgehead atoms. The fourth-order valence-corrected chi connectivity index (χ4v) is 4.87. The van der Waals surface area contributed by atoms with E-state index in [9.17, 15) is 31.5 Å². The molecule has 0 saturated carbocycles. The third-order valence-electron chi connectivity index (χ3n) is 6.97. The third-order valence-corrected chi connectivity index (χ3v) is 6.97. The quantitative estimate of drug-likeness (QED) is 0.155. The molecule has 9 nitrogen and oxygen atoms in total. The molecular weight excluding hydrogens is 551 g/mol. The zero-order valence-corrected chi connectivity index (χ0v) is 22.5. The molecule has 0 radical (unpaired) electrons. The first-order valence-corrected chi connectivity index (χ1v) is 12.7. The smallest absolute Gasteiger partial charge is 0.401 e. The first-order valence-electron chi connectivity index (χ1n) is 12.7. The molecule has 0 spiro atoms. The van der Waals surface area contributed by atoms with Crippen LogP contribution in [0.5, 0.6) is 0 Å². The van der Waals surface area contributed by atoms with Gasteiger partial charge in [-0.1, -0.05) is 0 Å². The molecule has 14 heteroatoms. The van der Waals surface area contributed by atoms with Crippen molar-refractivity contribution in [3.05, 3.63) is 58.9 Å². The average molecular weight is 581 g/mol. The molecule has 4 rings (SSSR count). The molecular formula is C27H29F5N6O3. The number of rotatable bonds is 8. The van der Waals surface area contributed by atoms with Crippen molar-refractivity contribution in [2.24, 2.45) is 10.2 Å². The number of aromatic nitrogens is 1. The summed E-state index contributed by atoms with van der Waals surface area (Å²) < 4.78 is 68.3. The van der Waals surface area contributed by atoms with Crippen LogP contribution >= 0.6 is 0 Å². The number of hydrogen-bond donors (Lipinski definition) is 0. The number of benzene rings is 1. The fraction of sp³-hybridized carbons (Fsp3) is 0.444. The Hall–Kier alpha value is -3.94. The first-order chi connectivity index (χ1) is 19.3. The molecule has 3 heterocycles. The van der Waals surface area contributed by atoms with Crippen molar-refractivity contribution >= 4 is 30.1 Å². The van der Waals surface area contributed by atoms with Gasteiger partial charge in [-0.05, 0) is 49.7 Å². The van der Waals surface area contributed by atoms with Crippen LogP contribution < -0.4 is 4.90 Å². The van der Waals surface area contributed by atoms with Gasteiger partial charge in [0, 0.05) is 50.3 Å². The van der Waals surface area contributed by atoms with E-state index in [1.165, 1.54) is 23.2 Å². The Labute approximate surface area is 233 Å². The Kier molecular flexibility index (Phi) is 8.71. The number of imide groups is 1. The molecule has 0 unspecified atom stereocenters. The van der Waals surface area contributed by atoms with E-state index in [4.69, 9.17) is 4.74 Å². The molecule has 1 saturated heterocycles. The molecule has 2 aliphatic rings. The van der Waals surface area contributed by atoms with Crippen molar-refractivity contribution in [3.63, 3.8) is 0 Å². The van der Waals surface area contributed by atoms with Crippen molar-refractivity contribution < 1.29 is 36.3 Å². The second kappa shape index (κ2) is 11.9. The summed E-state index contributed by atoms with van der Waals surface area (Å²) in [6.45, 7) is 5.88. The largest absolute Gasteiger partial charge is 0.470 e. The minimum Gasteiger partial charge on any atom is -0.470 e. The number of carbonyl (C=O) groups excluding carboxylic acids is 2. The zero-order chi connectivity index (χ0) is 29.9. The van der Waals surface area contributed by atoms with Crippen LogP contribution in [-0.4, -0.2) is 91.1 Å². The van der Waals surface area contributed by atoms with E-state index in [-0.39, 0.29) is 31.1 Å². The lowest BCUT2D eigenvalue weighted by Crippen LogP contribution is -2.52. The van der Waals surface area contributed by atoms with Crippen LogP contribution in [0.3, 0.4) is 0 Å². The van der Waals surface area contributed by atoms with E-state index in [1.54, 1.807) is 32.0 Å². The number of ether oxygens (including phenoxy) is 1. The molecule has 2 aliphatic heterocycles. The SMILES string of the molecule is C=N/N=C(\OCC(F)F)c1ccc(CN2C(=O)c3ccc(N4CCN(CC(F)(F)F)CC4)cc3C(C)(C)C2=O)nc1. The number of piperazine rings is 1. The summed E-state index contributed by atoms with van der Waals surface area (Å²) in [7, 11) is 0. The maximum Gasteiger partial charge on any atom is 0.401 e. The topological polar surface area (TPSA) is 90.7 Å². The normalized spacial score (nSPS) is 18.1. The monoisotopic (exact) mass is 580 g/mol. The Morgan fingerprint density at radius 2 is 1.83 bits per heavy atom. The molecule has 41 heavy (non-hydrogen) atoms. The summed E-state index contributed by atoms with van der Waals surface area (Å²) in [4.78, 5) is 35.6. The molecule has 1 aromatic heterocycles. The molecule has 1 fully saturated rings. The highest BCUT2D eigenvalue weighted by atomic mass is 19.4. The van der Waals surface area contributed by atoms with Gasteiger partial charge in [0.2, 0.25) is 11.8 Å². The second-order valence-corrected chi connectivity index (χ2v) is 10.2. The third kappa shape index (κ3) is 6.87. The lowest BCUT2D eigenvalue weighted by Gasteiger charge is -2.39. The van der Waals surface area contributed by atoms with Crippen LogP contribution in [0.1, 0.15) is 41.0 Å². The van der Waals surface area contributed by atoms with Gasteiger partial charge >= 0.3 is 6.18 Å². The van der Waals surface area contributed by atoms with Gasteiger partial charge in [0.1, 0.15) is 0 Å². The number of pyridine rings is 1. The predicted molar refractivity (Wildman–Crippen MR) is 141 cm³/mol. The van der Waals surface area contributed by atoms with Crippen molar-refractivity contribution in [1.82, 2.24) is 14.8 Å². The van der Waals surface area contributed by atoms with Gasteiger partial charge in [0.25, 0.3) is 12.3 Å². The van der Waals surface area contributed by atoms with Gasteiger partial charge in [-0.25, -0.2) is 8.78 Å². The predicted octanol–water partition coefficient (Wildman–Crippen LogP) is 3.87. The van der Waals surface area contributed by atoms with Gasteiger partial charge in [0.05, 0.1) is 29.8 Å². The number of nitrogens with zero attached hydrogens (tertiary/aromatic N) is 6. The van der Waals surface area contributed by atoms with E-state index < -0.39 is 43.0 Å².